The highest BCUT2D eigenvalue weighted by atomic mass is 35.5. The van der Waals surface area contributed by atoms with Crippen LogP contribution < -0.4 is 11.1 Å². The van der Waals surface area contributed by atoms with Gasteiger partial charge in [-0.25, -0.2) is 26.8 Å². The number of carbonyl (C=O) groups is 1. The summed E-state index contributed by atoms with van der Waals surface area (Å²) in [6, 6.07) is 31.6. The number of hydrogen-bond acceptors (Lipinski definition) is 18. The van der Waals surface area contributed by atoms with Crippen LogP contribution in [0.5, 0.6) is 0 Å². The first kappa shape index (κ1) is 49.1. The Bertz CT molecular complexity index is 3080. The van der Waals surface area contributed by atoms with Crippen LogP contribution in [-0.2, 0) is 37.6 Å². The SMILES string of the molecule is CC(C)C(=O)Cl.CC(C)C(O)NCc1nnc(C(c2nc3ccc(-c4ccccc4)cc3s2)S(C)(=O)=O)o1.CS(=O)(=O)C(c1nnc(CN)o1)c1nc2ccc(-c3ccccc3)cc2s1. The number of thiazole rings is 2. The van der Waals surface area contributed by atoms with Crippen molar-refractivity contribution in [2.75, 3.05) is 12.5 Å². The lowest BCUT2D eigenvalue weighted by Crippen LogP contribution is -2.32. The maximum absolute atomic E-state index is 12.6. The lowest BCUT2D eigenvalue weighted by molar-refractivity contribution is -0.114. The van der Waals surface area contributed by atoms with Crippen LogP contribution in [0.15, 0.2) is 106 Å². The fourth-order valence-corrected chi connectivity index (χ4v) is 11.1. The molecular formula is C44H47ClN8O8S4. The molecule has 0 saturated heterocycles. The summed E-state index contributed by atoms with van der Waals surface area (Å²) in [5, 5.41) is 26.5. The summed E-state index contributed by atoms with van der Waals surface area (Å²) in [6.07, 6.45) is 1.52. The lowest BCUT2D eigenvalue weighted by atomic mass is 10.1. The summed E-state index contributed by atoms with van der Waals surface area (Å²) in [6.45, 7) is 7.43. The molecule has 3 unspecified atom stereocenters. The Hall–Kier alpha value is -5.32. The van der Waals surface area contributed by atoms with Gasteiger partial charge in [0.2, 0.25) is 28.8 Å². The van der Waals surface area contributed by atoms with Crippen LogP contribution in [0.25, 0.3) is 42.7 Å². The summed E-state index contributed by atoms with van der Waals surface area (Å²) in [7, 11) is -7.20. The zero-order chi connectivity index (χ0) is 47.1. The van der Waals surface area contributed by atoms with E-state index in [4.69, 9.17) is 26.2 Å². The maximum Gasteiger partial charge on any atom is 0.241 e. The van der Waals surface area contributed by atoms with Gasteiger partial charge in [-0.3, -0.25) is 10.1 Å². The molecule has 0 aliphatic rings. The molecule has 3 atom stereocenters. The Morgan fingerprint density at radius 2 is 1.09 bits per heavy atom. The predicted molar refractivity (Wildman–Crippen MR) is 253 cm³/mol. The Labute approximate surface area is 389 Å². The minimum atomic E-state index is -3.63. The Morgan fingerprint density at radius 1 is 0.677 bits per heavy atom. The van der Waals surface area contributed by atoms with Crippen molar-refractivity contribution in [2.45, 2.75) is 57.5 Å². The molecule has 65 heavy (non-hydrogen) atoms. The topological polar surface area (TPSA) is 247 Å². The normalized spacial score (nSPS) is 13.3. The molecule has 8 rings (SSSR count). The number of nitrogens with one attached hydrogen (secondary N) is 1. The van der Waals surface area contributed by atoms with E-state index in [0.717, 1.165) is 49.7 Å². The molecule has 0 aliphatic heterocycles. The van der Waals surface area contributed by atoms with Gasteiger partial charge < -0.3 is 19.7 Å². The maximum atomic E-state index is 12.6. The van der Waals surface area contributed by atoms with Crippen molar-refractivity contribution in [3.63, 3.8) is 0 Å². The molecule has 4 aromatic heterocycles. The summed E-state index contributed by atoms with van der Waals surface area (Å²) in [5.74, 6) is 0.314. The second-order valence-corrected chi connectivity index (χ2v) is 22.2. The highest BCUT2D eigenvalue weighted by Gasteiger charge is 2.35. The first-order valence-corrected chi connectivity index (χ1v) is 26.0. The molecule has 21 heteroatoms. The fourth-order valence-electron chi connectivity index (χ4n) is 6.00. The van der Waals surface area contributed by atoms with Gasteiger partial charge >= 0.3 is 0 Å². The van der Waals surface area contributed by atoms with Crippen molar-refractivity contribution in [1.82, 2.24) is 35.7 Å². The summed E-state index contributed by atoms with van der Waals surface area (Å²) in [5.41, 5.74) is 11.1. The molecule has 0 spiro atoms. The number of aromatic nitrogens is 6. The molecule has 0 bridgehead atoms. The van der Waals surface area contributed by atoms with Gasteiger partial charge in [-0.15, -0.1) is 43.1 Å². The minimum absolute atomic E-state index is 0.00434. The average molecular weight is 980 g/mol. The van der Waals surface area contributed by atoms with Crippen LogP contribution in [-0.4, -0.2) is 76.3 Å². The predicted octanol–water partition coefficient (Wildman–Crippen LogP) is 7.89. The van der Waals surface area contributed by atoms with E-state index < -0.39 is 36.4 Å². The fraction of sp³-hybridized carbons (Fsp3) is 0.295. The van der Waals surface area contributed by atoms with Crippen molar-refractivity contribution in [2.24, 2.45) is 17.6 Å². The summed E-state index contributed by atoms with van der Waals surface area (Å²) < 4.78 is 62.9. The van der Waals surface area contributed by atoms with Gasteiger partial charge in [0.1, 0.15) is 16.2 Å². The van der Waals surface area contributed by atoms with Crippen molar-refractivity contribution in [3.05, 3.63) is 131 Å². The van der Waals surface area contributed by atoms with Crippen molar-refractivity contribution < 1.29 is 35.6 Å². The summed E-state index contributed by atoms with van der Waals surface area (Å²) >= 11 is 7.57. The van der Waals surface area contributed by atoms with Gasteiger partial charge in [0.15, 0.2) is 30.2 Å². The van der Waals surface area contributed by atoms with Crippen molar-refractivity contribution >= 4 is 79.6 Å². The monoisotopic (exact) mass is 978 g/mol. The molecule has 0 saturated carbocycles. The van der Waals surface area contributed by atoms with Crippen molar-refractivity contribution in [1.29, 1.82) is 0 Å². The van der Waals surface area contributed by atoms with E-state index in [0.29, 0.717) is 15.5 Å². The quantitative estimate of drug-likeness (QED) is 0.0692. The molecule has 4 aromatic carbocycles. The lowest BCUT2D eigenvalue weighted by Gasteiger charge is -2.14. The molecule has 0 amide bonds. The first-order valence-electron chi connectivity index (χ1n) is 20.1. The second kappa shape index (κ2) is 21.3. The van der Waals surface area contributed by atoms with E-state index in [1.165, 1.54) is 22.7 Å². The van der Waals surface area contributed by atoms with Gasteiger partial charge in [-0.05, 0) is 64.0 Å². The number of aliphatic hydroxyl groups is 1. The third-order valence-corrected chi connectivity index (χ3v) is 14.9. The molecule has 0 radical (unpaired) electrons. The Balaban J connectivity index is 0.000000193. The second-order valence-electron chi connectivity index (χ2n) is 15.4. The van der Waals surface area contributed by atoms with Crippen LogP contribution in [0.3, 0.4) is 0 Å². The number of nitrogens with two attached hydrogens (primary N) is 1. The van der Waals surface area contributed by atoms with E-state index in [-0.39, 0.29) is 53.7 Å². The Kier molecular flexibility index (Phi) is 16.1. The molecule has 8 aromatic rings. The van der Waals surface area contributed by atoms with Gasteiger partial charge in [0.05, 0.1) is 33.5 Å². The van der Waals surface area contributed by atoms with E-state index >= 15 is 0 Å². The number of aliphatic hydroxyl groups excluding tert-OH is 1. The van der Waals surface area contributed by atoms with Gasteiger partial charge in [0.25, 0.3) is 0 Å². The van der Waals surface area contributed by atoms with E-state index in [1.807, 2.05) is 111 Å². The molecule has 16 nitrogen and oxygen atoms in total. The first-order chi connectivity index (χ1) is 30.8. The van der Waals surface area contributed by atoms with Gasteiger partial charge in [-0.2, -0.15) is 0 Å². The highest BCUT2D eigenvalue weighted by Crippen LogP contribution is 2.38. The van der Waals surface area contributed by atoms with Crippen LogP contribution in [0.2, 0.25) is 0 Å². The number of benzene rings is 4. The van der Waals surface area contributed by atoms with Gasteiger partial charge in [0, 0.05) is 18.4 Å². The third-order valence-electron chi connectivity index (χ3n) is 9.47. The highest BCUT2D eigenvalue weighted by molar-refractivity contribution is 7.91. The van der Waals surface area contributed by atoms with E-state index in [2.05, 4.69) is 35.7 Å². The molecule has 0 aliphatic carbocycles. The van der Waals surface area contributed by atoms with Crippen LogP contribution >= 0.6 is 34.3 Å². The number of halogens is 1. The molecular weight excluding hydrogens is 932 g/mol. The minimum Gasteiger partial charge on any atom is -0.422 e. The number of nitrogens with zero attached hydrogens (tertiary/aromatic N) is 6. The van der Waals surface area contributed by atoms with Crippen LogP contribution in [0.1, 0.15) is 71.8 Å². The zero-order valence-corrected chi connectivity index (χ0v) is 40.1. The standard InChI is InChI=1S/C22H24N4O4S2.C18H16N4O3S2.C4H7ClO/c1-13(2)20(27)23-12-18-25-26-21(30-18)19(32(3,28)29)22-24-16-10-9-15(11-17(16)31-22)14-7-5-4-6-8-14;1-27(23,24)16(17-22-21-15(10-19)25-17)18-20-13-8-7-12(9-14(13)26-18)11-5-3-2-4-6-11;1-3(2)4(5)6/h4-11,13,19-20,23,27H,12H2,1-3H3;2-9,16H,10,19H2,1H3;3H,1-2H3. The van der Waals surface area contributed by atoms with E-state index in [1.54, 1.807) is 13.8 Å². The largest absolute Gasteiger partial charge is 0.422 e. The number of carbonyl (C=O) groups excluding carboxylic acids is 1. The smallest absolute Gasteiger partial charge is 0.241 e. The molecule has 4 N–H and O–H groups in total. The number of hydrogen-bond donors (Lipinski definition) is 3. The number of rotatable bonds is 14. The number of fused-ring (bicyclic) bond motifs is 2. The molecule has 4 heterocycles. The Morgan fingerprint density at radius 3 is 1.46 bits per heavy atom. The zero-order valence-electron chi connectivity index (χ0n) is 36.1. The average Bonchev–Trinajstić information content (AvgIpc) is 4.10. The number of sulfone groups is 2. The van der Waals surface area contributed by atoms with Crippen molar-refractivity contribution in [3.8, 4) is 22.3 Å². The summed E-state index contributed by atoms with van der Waals surface area (Å²) in [4.78, 5) is 19.0. The molecule has 342 valence electrons. The van der Waals surface area contributed by atoms with Crippen LogP contribution in [0, 0.1) is 11.8 Å². The van der Waals surface area contributed by atoms with E-state index in [9.17, 15) is 26.7 Å². The van der Waals surface area contributed by atoms with Gasteiger partial charge in [-0.1, -0.05) is 100 Å². The molecule has 0 fully saturated rings. The van der Waals surface area contributed by atoms with Crippen LogP contribution in [0.4, 0.5) is 0 Å². The third kappa shape index (κ3) is 12.7.